The summed E-state index contributed by atoms with van der Waals surface area (Å²) in [5, 5.41) is 8.51. The number of sulfonamides is 1. The first kappa shape index (κ1) is 17.4. The number of hydrogen-bond donors (Lipinski definition) is 2. The highest BCUT2D eigenvalue weighted by Crippen LogP contribution is 2.31. The van der Waals surface area contributed by atoms with Gasteiger partial charge in [0.05, 0.1) is 10.8 Å². The van der Waals surface area contributed by atoms with E-state index in [1.807, 2.05) is 4.90 Å². The summed E-state index contributed by atoms with van der Waals surface area (Å²) in [5.41, 5.74) is 0.458. The van der Waals surface area contributed by atoms with Crippen molar-refractivity contribution in [1.29, 1.82) is 0 Å². The zero-order valence-corrected chi connectivity index (χ0v) is 15.1. The second-order valence-corrected chi connectivity index (χ2v) is 8.93. The zero-order valence-electron chi connectivity index (χ0n) is 14.3. The molecule has 0 bridgehead atoms. The molecule has 3 heterocycles. The van der Waals surface area contributed by atoms with E-state index in [2.05, 4.69) is 5.32 Å². The van der Waals surface area contributed by atoms with Crippen molar-refractivity contribution in [3.63, 3.8) is 0 Å². The van der Waals surface area contributed by atoms with Gasteiger partial charge >= 0.3 is 0 Å². The Labute approximate surface area is 152 Å². The molecule has 1 unspecified atom stereocenters. The lowest BCUT2D eigenvalue weighted by Crippen LogP contribution is -2.37. The lowest BCUT2D eigenvalue weighted by Gasteiger charge is -2.22. The molecule has 3 atom stereocenters. The van der Waals surface area contributed by atoms with Crippen molar-refractivity contribution >= 4 is 27.5 Å². The molecule has 3 aliphatic heterocycles. The van der Waals surface area contributed by atoms with E-state index in [1.54, 1.807) is 12.1 Å². The van der Waals surface area contributed by atoms with Gasteiger partial charge in [-0.15, -0.1) is 0 Å². The van der Waals surface area contributed by atoms with E-state index in [0.29, 0.717) is 17.5 Å². The minimum Gasteiger partial charge on any atom is -0.342 e. The zero-order chi connectivity index (χ0) is 18.5. The highest BCUT2D eigenvalue weighted by molar-refractivity contribution is 7.89. The van der Waals surface area contributed by atoms with Crippen LogP contribution in [-0.4, -0.2) is 57.9 Å². The maximum atomic E-state index is 12.8. The minimum atomic E-state index is -3.84. The largest absolute Gasteiger partial charge is 0.342 e. The highest BCUT2D eigenvalue weighted by atomic mass is 32.2. The van der Waals surface area contributed by atoms with Crippen LogP contribution in [0.1, 0.15) is 6.42 Å². The molecule has 0 saturated carbocycles. The van der Waals surface area contributed by atoms with Crippen LogP contribution < -0.4 is 15.4 Å². The SMILES string of the molecule is NS(=O)(=O)c1cccc(N2CC(C(=O)N3C[C@H]4CNC[C@H]4C3)CC2=O)c1. The summed E-state index contributed by atoms with van der Waals surface area (Å²) < 4.78 is 23.1. The Bertz CT molecular complexity index is 844. The number of nitrogens with one attached hydrogen (secondary N) is 1. The van der Waals surface area contributed by atoms with Crippen molar-refractivity contribution in [3.8, 4) is 0 Å². The average Bonchev–Trinajstić information content (AvgIpc) is 3.27. The number of carbonyl (C=O) groups excluding carboxylic acids is 2. The molecule has 3 saturated heterocycles. The molecule has 4 rings (SSSR count). The molecule has 9 heteroatoms. The third-order valence-corrected chi connectivity index (χ3v) is 6.54. The standard InChI is InChI=1S/C17H22N4O4S/c18-26(24,25)15-3-1-2-14(5-15)21-10-11(4-16(21)22)17(23)20-8-12-6-19-7-13(12)9-20/h1-3,5,11-13,19H,4,6-10H2,(H2,18,24,25)/t11?,12-,13+. The molecule has 0 radical (unpaired) electrons. The van der Waals surface area contributed by atoms with Crippen LogP contribution in [-0.2, 0) is 19.6 Å². The second-order valence-electron chi connectivity index (χ2n) is 7.37. The normalized spacial score (nSPS) is 28.7. The monoisotopic (exact) mass is 378 g/mol. The fourth-order valence-electron chi connectivity index (χ4n) is 4.24. The minimum absolute atomic E-state index is 0.0258. The summed E-state index contributed by atoms with van der Waals surface area (Å²) in [5.74, 6) is 0.499. The molecule has 0 aliphatic carbocycles. The van der Waals surface area contributed by atoms with Gasteiger partial charge in [0.1, 0.15) is 0 Å². The number of likely N-dealkylation sites (tertiary alicyclic amines) is 1. The number of fused-ring (bicyclic) bond motifs is 1. The third kappa shape index (κ3) is 3.10. The molecular weight excluding hydrogens is 356 g/mol. The van der Waals surface area contributed by atoms with Gasteiger partial charge in [-0.2, -0.15) is 0 Å². The molecule has 1 aromatic carbocycles. The Morgan fingerprint density at radius 2 is 1.85 bits per heavy atom. The molecule has 140 valence electrons. The van der Waals surface area contributed by atoms with E-state index >= 15 is 0 Å². The maximum Gasteiger partial charge on any atom is 0.238 e. The summed E-state index contributed by atoms with van der Waals surface area (Å²) in [7, 11) is -3.84. The molecule has 0 spiro atoms. The van der Waals surface area contributed by atoms with Crippen molar-refractivity contribution < 1.29 is 18.0 Å². The summed E-state index contributed by atoms with van der Waals surface area (Å²) in [4.78, 5) is 28.6. The van der Waals surface area contributed by atoms with E-state index in [9.17, 15) is 18.0 Å². The van der Waals surface area contributed by atoms with Gasteiger partial charge in [0.2, 0.25) is 21.8 Å². The molecule has 2 amide bonds. The van der Waals surface area contributed by atoms with Gasteiger partial charge in [-0.3, -0.25) is 9.59 Å². The van der Waals surface area contributed by atoms with Crippen LogP contribution >= 0.6 is 0 Å². The van der Waals surface area contributed by atoms with Gasteiger partial charge in [0.15, 0.2) is 0 Å². The van der Waals surface area contributed by atoms with Crippen LogP contribution in [0.5, 0.6) is 0 Å². The summed E-state index contributed by atoms with van der Waals surface area (Å²) in [6, 6.07) is 5.97. The molecule has 1 aromatic rings. The van der Waals surface area contributed by atoms with Gasteiger partial charge < -0.3 is 15.1 Å². The van der Waals surface area contributed by atoms with E-state index in [0.717, 1.165) is 26.2 Å². The van der Waals surface area contributed by atoms with Crippen LogP contribution in [0.15, 0.2) is 29.2 Å². The molecule has 3 aliphatic rings. The predicted molar refractivity (Wildman–Crippen MR) is 94.7 cm³/mol. The van der Waals surface area contributed by atoms with Crippen molar-refractivity contribution in [3.05, 3.63) is 24.3 Å². The van der Waals surface area contributed by atoms with Gasteiger partial charge in [0, 0.05) is 44.8 Å². The predicted octanol–water partition coefficient (Wildman–Crippen LogP) is -0.635. The number of nitrogens with zero attached hydrogens (tertiary/aromatic N) is 2. The van der Waals surface area contributed by atoms with E-state index in [4.69, 9.17) is 5.14 Å². The first-order valence-corrected chi connectivity index (χ1v) is 10.3. The smallest absolute Gasteiger partial charge is 0.238 e. The Morgan fingerprint density at radius 1 is 1.15 bits per heavy atom. The van der Waals surface area contributed by atoms with Crippen LogP contribution in [0.2, 0.25) is 0 Å². The Morgan fingerprint density at radius 3 is 2.50 bits per heavy atom. The van der Waals surface area contributed by atoms with Gasteiger partial charge in [-0.1, -0.05) is 6.07 Å². The van der Waals surface area contributed by atoms with Crippen molar-refractivity contribution in [1.82, 2.24) is 10.2 Å². The number of benzene rings is 1. The van der Waals surface area contributed by atoms with Gasteiger partial charge in [-0.25, -0.2) is 13.6 Å². The van der Waals surface area contributed by atoms with Crippen LogP contribution in [0.25, 0.3) is 0 Å². The molecule has 0 aromatic heterocycles. The molecule has 3 fully saturated rings. The number of carbonyl (C=O) groups is 2. The second kappa shape index (κ2) is 6.33. The van der Waals surface area contributed by atoms with Crippen molar-refractivity contribution in [2.45, 2.75) is 11.3 Å². The lowest BCUT2D eigenvalue weighted by molar-refractivity contribution is -0.135. The first-order chi connectivity index (χ1) is 12.3. The van der Waals surface area contributed by atoms with E-state index in [1.165, 1.54) is 17.0 Å². The van der Waals surface area contributed by atoms with Crippen LogP contribution in [0.4, 0.5) is 5.69 Å². The fourth-order valence-corrected chi connectivity index (χ4v) is 4.80. The molecular formula is C17H22N4O4S. The number of amides is 2. The van der Waals surface area contributed by atoms with Gasteiger partial charge in [0.25, 0.3) is 0 Å². The van der Waals surface area contributed by atoms with Crippen LogP contribution in [0, 0.1) is 17.8 Å². The number of anilines is 1. The van der Waals surface area contributed by atoms with E-state index < -0.39 is 10.0 Å². The Kier molecular flexibility index (Phi) is 4.25. The van der Waals surface area contributed by atoms with Crippen molar-refractivity contribution in [2.24, 2.45) is 22.9 Å². The van der Waals surface area contributed by atoms with Gasteiger partial charge in [-0.05, 0) is 30.0 Å². The summed E-state index contributed by atoms with van der Waals surface area (Å²) in [6.07, 6.45) is 0.155. The Balaban J connectivity index is 1.48. The highest BCUT2D eigenvalue weighted by Gasteiger charge is 2.43. The number of hydrogen-bond acceptors (Lipinski definition) is 5. The average molecular weight is 378 g/mol. The summed E-state index contributed by atoms with van der Waals surface area (Å²) in [6.45, 7) is 3.68. The maximum absolute atomic E-state index is 12.8. The van der Waals surface area contributed by atoms with Crippen molar-refractivity contribution in [2.75, 3.05) is 37.6 Å². The summed E-state index contributed by atoms with van der Waals surface area (Å²) >= 11 is 0. The number of primary sulfonamides is 1. The fraction of sp³-hybridized carbons (Fsp3) is 0.529. The third-order valence-electron chi connectivity index (χ3n) is 5.63. The molecule has 3 N–H and O–H groups in total. The number of nitrogens with two attached hydrogens (primary N) is 1. The molecule has 26 heavy (non-hydrogen) atoms. The topological polar surface area (TPSA) is 113 Å². The number of rotatable bonds is 3. The quantitative estimate of drug-likeness (QED) is 0.727. The Hall–Kier alpha value is -1.97. The first-order valence-electron chi connectivity index (χ1n) is 8.75. The lowest BCUT2D eigenvalue weighted by atomic mass is 10.0. The molecule has 8 nitrogen and oxygen atoms in total. The van der Waals surface area contributed by atoms with Crippen LogP contribution in [0.3, 0.4) is 0 Å². The van der Waals surface area contributed by atoms with E-state index in [-0.39, 0.29) is 35.6 Å².